The molecular formula is C9H17B3O10. The molecule has 2 N–H and O–H groups in total. The lowest BCUT2D eigenvalue weighted by molar-refractivity contribution is -0.0767. The third-order valence-corrected chi connectivity index (χ3v) is 3.14. The van der Waals surface area contributed by atoms with Gasteiger partial charge in [-0.1, -0.05) is 0 Å². The van der Waals surface area contributed by atoms with E-state index in [1.54, 1.807) is 0 Å². The molecule has 0 bridgehead atoms. The molecule has 1 unspecified atom stereocenters. The van der Waals surface area contributed by atoms with Gasteiger partial charge >= 0.3 is 22.0 Å². The lowest BCUT2D eigenvalue weighted by atomic mass is 10.1. The molecular weight excluding hydrogens is 301 g/mol. The van der Waals surface area contributed by atoms with Gasteiger partial charge in [0.2, 0.25) is 0 Å². The van der Waals surface area contributed by atoms with Crippen LogP contribution in [0.25, 0.3) is 0 Å². The average Bonchev–Trinajstić information content (AvgIpc) is 2.94. The molecule has 3 aliphatic rings. The zero-order valence-electron chi connectivity index (χ0n) is 11.9. The van der Waals surface area contributed by atoms with Gasteiger partial charge in [-0.3, -0.25) is 0 Å². The van der Waals surface area contributed by atoms with Gasteiger partial charge in [0, 0.05) is 0 Å². The molecule has 0 spiro atoms. The molecule has 0 aromatic heterocycles. The van der Waals surface area contributed by atoms with E-state index in [1.165, 1.54) is 0 Å². The Morgan fingerprint density at radius 2 is 1.59 bits per heavy atom. The number of hydrogen-bond acceptors (Lipinski definition) is 10. The summed E-state index contributed by atoms with van der Waals surface area (Å²) < 4.78 is 41.7. The highest BCUT2D eigenvalue weighted by Crippen LogP contribution is 2.13. The SMILES string of the molecule is OB1OCC(COB2OCC(OB3OCC(O)CO3)CO2)O1. The largest absolute Gasteiger partial charge is 0.639 e. The van der Waals surface area contributed by atoms with Crippen molar-refractivity contribution >= 4 is 22.0 Å². The standard InChI is InChI=1S/C9H17B3O10/c13-7-1-16-12(17-2-7)22-9-5-19-11(20-6-9)18-4-8-3-15-10(14)21-8/h7-9,13-14H,1-6H2. The molecule has 22 heavy (non-hydrogen) atoms. The maximum atomic E-state index is 9.23. The maximum absolute atomic E-state index is 9.23. The molecule has 10 nitrogen and oxygen atoms in total. The van der Waals surface area contributed by atoms with Crippen LogP contribution in [0, 0.1) is 0 Å². The van der Waals surface area contributed by atoms with E-state index in [2.05, 4.69) is 0 Å². The fourth-order valence-corrected chi connectivity index (χ4v) is 2.06. The molecule has 3 fully saturated rings. The summed E-state index contributed by atoms with van der Waals surface area (Å²) in [6.45, 7) is 1.27. The number of aliphatic hydroxyl groups is 1. The lowest BCUT2D eigenvalue weighted by Gasteiger charge is -2.30. The van der Waals surface area contributed by atoms with Gasteiger partial charge in [0.1, 0.15) is 0 Å². The quantitative estimate of drug-likeness (QED) is 0.515. The molecule has 122 valence electrons. The summed E-state index contributed by atoms with van der Waals surface area (Å²) in [7, 11) is -2.85. The Hall–Kier alpha value is -0.205. The molecule has 0 aromatic rings. The molecule has 0 aromatic carbocycles. The molecule has 3 aliphatic heterocycles. The van der Waals surface area contributed by atoms with E-state index >= 15 is 0 Å². The molecule has 0 saturated carbocycles. The first-order valence-electron chi connectivity index (χ1n) is 7.05. The summed E-state index contributed by atoms with van der Waals surface area (Å²) in [6, 6.07) is 0. The molecule has 0 amide bonds. The van der Waals surface area contributed by atoms with Crippen LogP contribution >= 0.6 is 0 Å². The Labute approximate surface area is 128 Å². The van der Waals surface area contributed by atoms with E-state index in [4.69, 9.17) is 42.3 Å². The maximum Gasteiger partial charge on any atom is 0.639 e. The predicted molar refractivity (Wildman–Crippen MR) is 70.9 cm³/mol. The highest BCUT2D eigenvalue weighted by molar-refractivity contribution is 6.37. The van der Waals surface area contributed by atoms with Crippen LogP contribution in [-0.4, -0.2) is 90.0 Å². The van der Waals surface area contributed by atoms with Crippen molar-refractivity contribution < 1.29 is 47.4 Å². The Morgan fingerprint density at radius 1 is 0.909 bits per heavy atom. The Morgan fingerprint density at radius 3 is 2.23 bits per heavy atom. The summed E-state index contributed by atoms with van der Waals surface area (Å²) in [4.78, 5) is 0. The monoisotopic (exact) mass is 318 g/mol. The van der Waals surface area contributed by atoms with Crippen LogP contribution in [0.4, 0.5) is 0 Å². The second-order valence-corrected chi connectivity index (χ2v) is 5.05. The smallest absolute Gasteiger partial charge is 0.402 e. The Balaban J connectivity index is 1.29. The molecule has 0 radical (unpaired) electrons. The Kier molecular flexibility index (Phi) is 6.10. The van der Waals surface area contributed by atoms with Crippen LogP contribution in [0.5, 0.6) is 0 Å². The first kappa shape index (κ1) is 16.6. The van der Waals surface area contributed by atoms with Crippen molar-refractivity contribution in [2.45, 2.75) is 18.3 Å². The number of rotatable bonds is 5. The van der Waals surface area contributed by atoms with Gasteiger partial charge < -0.3 is 47.4 Å². The lowest BCUT2D eigenvalue weighted by Crippen LogP contribution is -2.48. The van der Waals surface area contributed by atoms with Crippen LogP contribution in [0.1, 0.15) is 0 Å². The topological polar surface area (TPSA) is 114 Å². The normalized spacial score (nSPS) is 28.6. The summed E-state index contributed by atoms with van der Waals surface area (Å²) in [5, 5.41) is 18.3. The van der Waals surface area contributed by atoms with Gasteiger partial charge in [0.15, 0.2) is 0 Å². The van der Waals surface area contributed by atoms with E-state index in [0.29, 0.717) is 0 Å². The predicted octanol–water partition coefficient (Wildman–Crippen LogP) is -2.79. The molecule has 3 saturated heterocycles. The van der Waals surface area contributed by atoms with Crippen LogP contribution in [0.3, 0.4) is 0 Å². The van der Waals surface area contributed by atoms with Gasteiger partial charge in [-0.2, -0.15) is 0 Å². The first-order valence-corrected chi connectivity index (χ1v) is 7.05. The van der Waals surface area contributed by atoms with Gasteiger partial charge in [-0.15, -0.1) is 0 Å². The minimum Gasteiger partial charge on any atom is -0.402 e. The molecule has 0 aliphatic carbocycles. The molecule has 13 heteroatoms. The third kappa shape index (κ3) is 4.90. The highest BCUT2D eigenvalue weighted by atomic mass is 16.8. The van der Waals surface area contributed by atoms with Crippen molar-refractivity contribution in [2.24, 2.45) is 0 Å². The Bertz CT molecular complexity index is 336. The third-order valence-electron chi connectivity index (χ3n) is 3.14. The van der Waals surface area contributed by atoms with Crippen LogP contribution < -0.4 is 0 Å². The van der Waals surface area contributed by atoms with Crippen molar-refractivity contribution in [3.05, 3.63) is 0 Å². The summed E-state index contributed by atoms with van der Waals surface area (Å²) in [5.41, 5.74) is 0. The fourth-order valence-electron chi connectivity index (χ4n) is 2.06. The van der Waals surface area contributed by atoms with Crippen molar-refractivity contribution in [3.8, 4) is 0 Å². The summed E-state index contributed by atoms with van der Waals surface area (Å²) in [6.07, 6.45) is -1.34. The van der Waals surface area contributed by atoms with Crippen molar-refractivity contribution in [3.63, 3.8) is 0 Å². The molecule has 3 heterocycles. The fraction of sp³-hybridized carbons (Fsp3) is 1.00. The van der Waals surface area contributed by atoms with Crippen molar-refractivity contribution in [2.75, 3.05) is 39.6 Å². The van der Waals surface area contributed by atoms with Crippen LogP contribution in [-0.2, 0) is 37.2 Å². The van der Waals surface area contributed by atoms with E-state index in [0.717, 1.165) is 0 Å². The van der Waals surface area contributed by atoms with E-state index in [9.17, 15) is 5.11 Å². The summed E-state index contributed by atoms with van der Waals surface area (Å²) in [5.74, 6) is 0. The zero-order chi connectivity index (χ0) is 15.4. The van der Waals surface area contributed by atoms with E-state index in [-0.39, 0.29) is 51.8 Å². The number of hydrogen-bond donors (Lipinski definition) is 2. The average molecular weight is 318 g/mol. The van der Waals surface area contributed by atoms with Crippen molar-refractivity contribution in [1.29, 1.82) is 0 Å². The second kappa shape index (κ2) is 8.06. The minimum atomic E-state index is -1.20. The van der Waals surface area contributed by atoms with Crippen LogP contribution in [0.15, 0.2) is 0 Å². The van der Waals surface area contributed by atoms with E-state index < -0.39 is 28.1 Å². The van der Waals surface area contributed by atoms with Gasteiger partial charge in [0.05, 0.1) is 58.0 Å². The van der Waals surface area contributed by atoms with Crippen LogP contribution in [0.2, 0.25) is 0 Å². The van der Waals surface area contributed by atoms with E-state index in [1.807, 2.05) is 0 Å². The number of aliphatic hydroxyl groups excluding tert-OH is 1. The second-order valence-electron chi connectivity index (χ2n) is 5.05. The zero-order valence-corrected chi connectivity index (χ0v) is 11.9. The van der Waals surface area contributed by atoms with Gasteiger partial charge in [0.25, 0.3) is 0 Å². The molecule has 3 rings (SSSR count). The van der Waals surface area contributed by atoms with Crippen molar-refractivity contribution in [1.82, 2.24) is 0 Å². The first-order chi connectivity index (χ1) is 10.7. The van der Waals surface area contributed by atoms with Gasteiger partial charge in [-0.25, -0.2) is 0 Å². The summed E-state index contributed by atoms with van der Waals surface area (Å²) >= 11 is 0. The minimum absolute atomic E-state index is 0.167. The molecule has 1 atom stereocenters. The highest BCUT2D eigenvalue weighted by Gasteiger charge is 2.38. The van der Waals surface area contributed by atoms with Gasteiger partial charge in [-0.05, 0) is 0 Å².